The Morgan fingerprint density at radius 3 is 2.85 bits per heavy atom. The van der Waals surface area contributed by atoms with Gasteiger partial charge in [-0.15, -0.1) is 5.10 Å². The van der Waals surface area contributed by atoms with E-state index in [1.54, 1.807) is 0 Å². The van der Waals surface area contributed by atoms with Gasteiger partial charge in [-0.25, -0.2) is 0 Å². The zero-order valence-electron chi connectivity index (χ0n) is 10.4. The number of nitrogens with zero attached hydrogens (tertiary/aromatic N) is 5. The number of rotatable bonds is 6. The van der Waals surface area contributed by atoms with Crippen LogP contribution in [0.3, 0.4) is 0 Å². The van der Waals surface area contributed by atoms with Gasteiger partial charge < -0.3 is 16.2 Å². The minimum atomic E-state index is -1.02. The van der Waals surface area contributed by atoms with E-state index >= 15 is 0 Å². The van der Waals surface area contributed by atoms with Gasteiger partial charge in [-0.2, -0.15) is 5.10 Å². The molecule has 20 heavy (non-hydrogen) atoms. The van der Waals surface area contributed by atoms with Gasteiger partial charge in [-0.05, 0) is 0 Å². The summed E-state index contributed by atoms with van der Waals surface area (Å²) in [6.45, 7) is 0.589. The molecular weight excluding hydrogens is 266 g/mol. The van der Waals surface area contributed by atoms with Crippen LogP contribution in [-0.4, -0.2) is 48.3 Å². The van der Waals surface area contributed by atoms with E-state index in [0.29, 0.717) is 18.8 Å². The van der Waals surface area contributed by atoms with Gasteiger partial charge in [0, 0.05) is 12.7 Å². The first-order chi connectivity index (χ1) is 9.58. The fourth-order valence-corrected chi connectivity index (χ4v) is 1.49. The molecule has 0 aliphatic carbocycles. The van der Waals surface area contributed by atoms with Crippen molar-refractivity contribution >= 4 is 17.6 Å². The van der Waals surface area contributed by atoms with Crippen LogP contribution in [0.1, 0.15) is 10.5 Å². The van der Waals surface area contributed by atoms with E-state index in [9.17, 15) is 9.59 Å². The molecule has 0 aromatic carbocycles. The van der Waals surface area contributed by atoms with Crippen molar-refractivity contribution in [1.82, 2.24) is 24.8 Å². The number of carbonyl (C=O) groups is 2. The molecule has 0 saturated carbocycles. The number of carbonyl (C=O) groups excluding carboxylic acids is 1. The Morgan fingerprint density at radius 2 is 2.15 bits per heavy atom. The fraction of sp³-hybridized carbons (Fsp3) is 0.300. The van der Waals surface area contributed by atoms with E-state index in [2.05, 4.69) is 20.7 Å². The Kier molecular flexibility index (Phi) is 4.05. The van der Waals surface area contributed by atoms with Crippen LogP contribution < -0.4 is 11.1 Å². The van der Waals surface area contributed by atoms with Crippen LogP contribution in [-0.2, 0) is 17.9 Å². The summed E-state index contributed by atoms with van der Waals surface area (Å²) < 4.78 is 2.66. The van der Waals surface area contributed by atoms with Crippen LogP contribution in [0, 0.1) is 0 Å². The normalized spacial score (nSPS) is 10.4. The van der Waals surface area contributed by atoms with E-state index < -0.39 is 11.9 Å². The molecular formula is C10H13N7O3. The highest BCUT2D eigenvalue weighted by molar-refractivity contribution is 6.02. The number of anilines is 1. The van der Waals surface area contributed by atoms with Crippen LogP contribution in [0.25, 0.3) is 0 Å². The largest absolute Gasteiger partial charge is 0.480 e. The fourth-order valence-electron chi connectivity index (χ4n) is 1.49. The van der Waals surface area contributed by atoms with Gasteiger partial charge in [0.15, 0.2) is 5.69 Å². The number of carboxylic acids is 1. The molecule has 0 aliphatic heterocycles. The summed E-state index contributed by atoms with van der Waals surface area (Å²) in [5.41, 5.74) is 5.89. The van der Waals surface area contributed by atoms with E-state index in [-0.39, 0.29) is 12.2 Å². The van der Waals surface area contributed by atoms with Gasteiger partial charge in [-0.3, -0.25) is 19.0 Å². The molecule has 0 unspecified atom stereocenters. The van der Waals surface area contributed by atoms with Crippen molar-refractivity contribution < 1.29 is 14.7 Å². The van der Waals surface area contributed by atoms with E-state index in [1.165, 1.54) is 28.0 Å². The first-order valence-corrected chi connectivity index (χ1v) is 5.74. The number of carboxylic acid groups (broad SMARTS) is 1. The third-order valence-electron chi connectivity index (χ3n) is 2.32. The molecule has 10 nitrogen and oxygen atoms in total. The standard InChI is InChI=1S/C10H13N7O3/c11-1-2-16-5-8(14-15-16)10(20)13-7-3-12-17(4-7)6-9(18)19/h3-5H,1-2,6,11H2,(H,13,20)(H,18,19). The number of hydrogen-bond acceptors (Lipinski definition) is 6. The van der Waals surface area contributed by atoms with Crippen LogP contribution in [0.4, 0.5) is 5.69 Å². The summed E-state index contributed by atoms with van der Waals surface area (Å²) in [5, 5.41) is 22.4. The Bertz CT molecular complexity index is 618. The number of nitrogens with one attached hydrogen (secondary N) is 1. The lowest BCUT2D eigenvalue weighted by molar-refractivity contribution is -0.137. The molecule has 4 N–H and O–H groups in total. The maximum absolute atomic E-state index is 11.9. The lowest BCUT2D eigenvalue weighted by atomic mass is 10.4. The third-order valence-corrected chi connectivity index (χ3v) is 2.32. The quantitative estimate of drug-likeness (QED) is 0.601. The Hall–Kier alpha value is -2.75. The van der Waals surface area contributed by atoms with Gasteiger partial charge in [0.05, 0.1) is 24.6 Å². The minimum Gasteiger partial charge on any atom is -0.480 e. The lowest BCUT2D eigenvalue weighted by Crippen LogP contribution is -2.13. The van der Waals surface area contributed by atoms with Crippen molar-refractivity contribution in [3.63, 3.8) is 0 Å². The topological polar surface area (TPSA) is 141 Å². The molecule has 0 radical (unpaired) electrons. The monoisotopic (exact) mass is 279 g/mol. The molecule has 10 heteroatoms. The molecule has 0 spiro atoms. The maximum atomic E-state index is 11.9. The summed E-state index contributed by atoms with van der Waals surface area (Å²) in [5.74, 6) is -1.47. The van der Waals surface area contributed by atoms with Crippen molar-refractivity contribution in [2.75, 3.05) is 11.9 Å². The zero-order valence-corrected chi connectivity index (χ0v) is 10.4. The van der Waals surface area contributed by atoms with Gasteiger partial charge >= 0.3 is 5.97 Å². The van der Waals surface area contributed by atoms with Crippen molar-refractivity contribution in [3.05, 3.63) is 24.3 Å². The van der Waals surface area contributed by atoms with Gasteiger partial charge in [0.1, 0.15) is 6.54 Å². The average molecular weight is 279 g/mol. The number of aromatic nitrogens is 5. The Labute approximate surface area is 113 Å². The third kappa shape index (κ3) is 3.38. The smallest absolute Gasteiger partial charge is 0.325 e. The molecule has 0 saturated heterocycles. The van der Waals surface area contributed by atoms with Crippen molar-refractivity contribution in [2.24, 2.45) is 5.73 Å². The van der Waals surface area contributed by atoms with Crippen LogP contribution >= 0.6 is 0 Å². The highest BCUT2D eigenvalue weighted by Crippen LogP contribution is 2.06. The molecule has 2 rings (SSSR count). The zero-order chi connectivity index (χ0) is 14.5. The number of nitrogens with two attached hydrogens (primary N) is 1. The highest BCUT2D eigenvalue weighted by Gasteiger charge is 2.12. The summed E-state index contributed by atoms with van der Waals surface area (Å²) in [7, 11) is 0. The maximum Gasteiger partial charge on any atom is 0.325 e. The Morgan fingerprint density at radius 1 is 1.35 bits per heavy atom. The molecule has 0 aliphatic rings. The summed E-state index contributed by atoms with van der Waals surface area (Å²) in [4.78, 5) is 22.4. The Balaban J connectivity index is 1.99. The predicted molar refractivity (Wildman–Crippen MR) is 66.9 cm³/mol. The van der Waals surface area contributed by atoms with Crippen LogP contribution in [0.15, 0.2) is 18.6 Å². The van der Waals surface area contributed by atoms with E-state index in [4.69, 9.17) is 10.8 Å². The molecule has 0 fully saturated rings. The average Bonchev–Trinajstić information content (AvgIpc) is 2.99. The molecule has 0 atom stereocenters. The second-order valence-corrected chi connectivity index (χ2v) is 3.93. The predicted octanol–water partition coefficient (Wildman–Crippen LogP) is -1.23. The van der Waals surface area contributed by atoms with Crippen molar-refractivity contribution in [1.29, 1.82) is 0 Å². The van der Waals surface area contributed by atoms with Crippen molar-refractivity contribution in [3.8, 4) is 0 Å². The molecule has 2 aromatic rings. The SMILES string of the molecule is NCCn1cc(C(=O)Nc2cnn(CC(=O)O)c2)nn1. The molecule has 2 heterocycles. The summed E-state index contributed by atoms with van der Waals surface area (Å²) in [6, 6.07) is 0. The van der Waals surface area contributed by atoms with Crippen LogP contribution in [0.5, 0.6) is 0 Å². The second-order valence-electron chi connectivity index (χ2n) is 3.93. The second kappa shape index (κ2) is 5.93. The molecule has 1 amide bonds. The summed E-state index contributed by atoms with van der Waals surface area (Å²) >= 11 is 0. The first-order valence-electron chi connectivity index (χ1n) is 5.74. The van der Waals surface area contributed by atoms with Crippen LogP contribution in [0.2, 0.25) is 0 Å². The first kappa shape index (κ1) is 13.7. The van der Waals surface area contributed by atoms with Gasteiger partial charge in [-0.1, -0.05) is 5.21 Å². The molecule has 0 bridgehead atoms. The highest BCUT2D eigenvalue weighted by atomic mass is 16.4. The van der Waals surface area contributed by atoms with Gasteiger partial charge in [0.2, 0.25) is 0 Å². The van der Waals surface area contributed by atoms with Crippen molar-refractivity contribution in [2.45, 2.75) is 13.1 Å². The van der Waals surface area contributed by atoms with E-state index in [0.717, 1.165) is 0 Å². The van der Waals surface area contributed by atoms with Gasteiger partial charge in [0.25, 0.3) is 5.91 Å². The summed E-state index contributed by atoms with van der Waals surface area (Å²) in [6.07, 6.45) is 4.24. The lowest BCUT2D eigenvalue weighted by Gasteiger charge is -1.98. The molecule has 2 aromatic heterocycles. The number of hydrogen-bond donors (Lipinski definition) is 3. The minimum absolute atomic E-state index is 0.143. The number of amides is 1. The molecule has 106 valence electrons. The van der Waals surface area contributed by atoms with E-state index in [1.807, 2.05) is 0 Å². The number of aliphatic carboxylic acids is 1.